The SMILES string of the molecule is CCCCc1ccc(NC(=O)CN2CC(c3nc(C)no3)C2)cc1. The van der Waals surface area contributed by atoms with Crippen molar-refractivity contribution in [2.45, 2.75) is 39.0 Å². The first-order valence-corrected chi connectivity index (χ1v) is 8.55. The lowest BCUT2D eigenvalue weighted by Gasteiger charge is -2.36. The number of aromatic nitrogens is 2. The van der Waals surface area contributed by atoms with Crippen LogP contribution in [0.4, 0.5) is 5.69 Å². The molecule has 0 saturated carbocycles. The van der Waals surface area contributed by atoms with E-state index in [0.717, 1.165) is 25.2 Å². The molecule has 1 amide bonds. The van der Waals surface area contributed by atoms with Crippen LogP contribution in [0.5, 0.6) is 0 Å². The number of unbranched alkanes of at least 4 members (excludes halogenated alkanes) is 1. The maximum atomic E-state index is 12.1. The van der Waals surface area contributed by atoms with Gasteiger partial charge in [0.15, 0.2) is 5.82 Å². The molecule has 1 saturated heterocycles. The molecule has 1 fully saturated rings. The molecule has 0 bridgehead atoms. The molecule has 0 unspecified atom stereocenters. The Morgan fingerprint density at radius 3 is 2.71 bits per heavy atom. The topological polar surface area (TPSA) is 71.3 Å². The van der Waals surface area contributed by atoms with Crippen molar-refractivity contribution < 1.29 is 9.32 Å². The van der Waals surface area contributed by atoms with Crippen molar-refractivity contribution in [2.24, 2.45) is 0 Å². The van der Waals surface area contributed by atoms with Gasteiger partial charge in [0.1, 0.15) is 0 Å². The largest absolute Gasteiger partial charge is 0.339 e. The molecule has 0 spiro atoms. The van der Waals surface area contributed by atoms with Crippen molar-refractivity contribution in [1.29, 1.82) is 0 Å². The predicted molar refractivity (Wildman–Crippen MR) is 91.9 cm³/mol. The summed E-state index contributed by atoms with van der Waals surface area (Å²) in [5.41, 5.74) is 2.17. The van der Waals surface area contributed by atoms with Crippen molar-refractivity contribution >= 4 is 11.6 Å². The van der Waals surface area contributed by atoms with Crippen molar-refractivity contribution in [2.75, 3.05) is 25.0 Å². The lowest BCUT2D eigenvalue weighted by atomic mass is 10.0. The minimum Gasteiger partial charge on any atom is -0.339 e. The first-order chi connectivity index (χ1) is 11.6. The third kappa shape index (κ3) is 4.20. The minimum atomic E-state index is 0.0106. The van der Waals surface area contributed by atoms with E-state index in [9.17, 15) is 4.79 Å². The monoisotopic (exact) mass is 328 g/mol. The van der Waals surface area contributed by atoms with E-state index in [1.165, 1.54) is 18.4 Å². The molecule has 1 aromatic heterocycles. The van der Waals surface area contributed by atoms with E-state index in [4.69, 9.17) is 4.52 Å². The summed E-state index contributed by atoms with van der Waals surface area (Å²) < 4.78 is 5.17. The Morgan fingerprint density at radius 2 is 2.08 bits per heavy atom. The van der Waals surface area contributed by atoms with Crippen LogP contribution >= 0.6 is 0 Å². The average Bonchev–Trinajstić information content (AvgIpc) is 2.96. The van der Waals surface area contributed by atoms with Crippen molar-refractivity contribution in [3.63, 3.8) is 0 Å². The molecule has 2 heterocycles. The van der Waals surface area contributed by atoms with Gasteiger partial charge in [0, 0.05) is 18.8 Å². The zero-order valence-electron chi connectivity index (χ0n) is 14.3. The fourth-order valence-electron chi connectivity index (χ4n) is 2.87. The number of rotatable bonds is 7. The van der Waals surface area contributed by atoms with E-state index in [2.05, 4.69) is 39.4 Å². The number of hydrogen-bond donors (Lipinski definition) is 1. The highest BCUT2D eigenvalue weighted by Crippen LogP contribution is 2.25. The van der Waals surface area contributed by atoms with E-state index in [0.29, 0.717) is 18.3 Å². The number of anilines is 1. The maximum Gasteiger partial charge on any atom is 0.238 e. The molecule has 2 aromatic rings. The second-order valence-corrected chi connectivity index (χ2v) is 6.42. The van der Waals surface area contributed by atoms with Gasteiger partial charge in [0.2, 0.25) is 11.8 Å². The van der Waals surface area contributed by atoms with Crippen molar-refractivity contribution in [3.05, 3.63) is 41.5 Å². The fourth-order valence-corrected chi connectivity index (χ4v) is 2.87. The number of aryl methyl sites for hydroxylation is 2. The normalized spacial score (nSPS) is 15.2. The van der Waals surface area contributed by atoms with Crippen molar-refractivity contribution in [3.8, 4) is 0 Å². The van der Waals surface area contributed by atoms with Gasteiger partial charge in [0.05, 0.1) is 12.5 Å². The number of carbonyl (C=O) groups is 1. The first-order valence-electron chi connectivity index (χ1n) is 8.55. The highest BCUT2D eigenvalue weighted by atomic mass is 16.5. The maximum absolute atomic E-state index is 12.1. The fraction of sp³-hybridized carbons (Fsp3) is 0.500. The third-order valence-electron chi connectivity index (χ3n) is 4.27. The number of amides is 1. The second-order valence-electron chi connectivity index (χ2n) is 6.42. The van der Waals surface area contributed by atoms with Crippen LogP contribution in [0.25, 0.3) is 0 Å². The smallest absolute Gasteiger partial charge is 0.238 e. The summed E-state index contributed by atoms with van der Waals surface area (Å²) >= 11 is 0. The van der Waals surface area contributed by atoms with Crippen LogP contribution in [0.15, 0.2) is 28.8 Å². The Kier molecular flexibility index (Phi) is 5.25. The Bertz CT molecular complexity index is 675. The van der Waals surface area contributed by atoms with Crippen LogP contribution in [-0.4, -0.2) is 40.6 Å². The summed E-state index contributed by atoms with van der Waals surface area (Å²) in [4.78, 5) is 18.4. The van der Waals surface area contributed by atoms with Gasteiger partial charge in [-0.2, -0.15) is 4.98 Å². The second kappa shape index (κ2) is 7.57. The van der Waals surface area contributed by atoms with Crippen LogP contribution in [-0.2, 0) is 11.2 Å². The molecule has 3 rings (SSSR count). The summed E-state index contributed by atoms with van der Waals surface area (Å²) in [5.74, 6) is 1.59. The summed E-state index contributed by atoms with van der Waals surface area (Å²) in [6, 6.07) is 8.12. The van der Waals surface area contributed by atoms with Crippen molar-refractivity contribution in [1.82, 2.24) is 15.0 Å². The average molecular weight is 328 g/mol. The molecule has 0 atom stereocenters. The molecule has 128 valence electrons. The van der Waals surface area contributed by atoms with Crippen LogP contribution in [0, 0.1) is 6.92 Å². The molecule has 6 nitrogen and oxygen atoms in total. The lowest BCUT2D eigenvalue weighted by molar-refractivity contribution is -0.118. The van der Waals surface area contributed by atoms with Gasteiger partial charge in [0.25, 0.3) is 0 Å². The van der Waals surface area contributed by atoms with Crippen LogP contribution in [0.1, 0.15) is 43.0 Å². The molecule has 1 aliphatic rings. The number of likely N-dealkylation sites (tertiary alicyclic amines) is 1. The first kappa shape index (κ1) is 16.6. The molecule has 1 aliphatic heterocycles. The molecule has 6 heteroatoms. The van der Waals surface area contributed by atoms with E-state index < -0.39 is 0 Å². The number of hydrogen-bond acceptors (Lipinski definition) is 5. The van der Waals surface area contributed by atoms with Gasteiger partial charge in [-0.05, 0) is 37.5 Å². The highest BCUT2D eigenvalue weighted by molar-refractivity contribution is 5.92. The Labute approximate surface area is 142 Å². The highest BCUT2D eigenvalue weighted by Gasteiger charge is 2.33. The quantitative estimate of drug-likeness (QED) is 0.846. The van der Waals surface area contributed by atoms with E-state index in [1.807, 2.05) is 19.1 Å². The zero-order valence-corrected chi connectivity index (χ0v) is 14.3. The molecular weight excluding hydrogens is 304 g/mol. The molecule has 1 N–H and O–H groups in total. The summed E-state index contributed by atoms with van der Waals surface area (Å²) in [7, 11) is 0. The van der Waals surface area contributed by atoms with Crippen LogP contribution < -0.4 is 5.32 Å². The number of benzene rings is 1. The van der Waals surface area contributed by atoms with Gasteiger partial charge in [-0.1, -0.05) is 30.6 Å². The molecule has 0 aliphatic carbocycles. The van der Waals surface area contributed by atoms with Gasteiger partial charge < -0.3 is 9.84 Å². The Balaban J connectivity index is 1.42. The molecule has 0 radical (unpaired) electrons. The number of carbonyl (C=O) groups excluding carboxylic acids is 1. The van der Waals surface area contributed by atoms with Gasteiger partial charge in [-0.15, -0.1) is 0 Å². The standard InChI is InChI=1S/C18H24N4O2/c1-3-4-5-14-6-8-16(9-7-14)20-17(23)12-22-10-15(11-22)18-19-13(2)21-24-18/h6-9,15H,3-5,10-12H2,1-2H3,(H,20,23). The van der Waals surface area contributed by atoms with Crippen LogP contribution in [0.3, 0.4) is 0 Å². The van der Waals surface area contributed by atoms with E-state index in [1.54, 1.807) is 0 Å². The van der Waals surface area contributed by atoms with Crippen LogP contribution in [0.2, 0.25) is 0 Å². The van der Waals surface area contributed by atoms with Gasteiger partial charge in [-0.3, -0.25) is 9.69 Å². The zero-order chi connectivity index (χ0) is 16.9. The summed E-state index contributed by atoms with van der Waals surface area (Å²) in [6.07, 6.45) is 3.48. The van der Waals surface area contributed by atoms with Gasteiger partial charge >= 0.3 is 0 Å². The van der Waals surface area contributed by atoms with Gasteiger partial charge in [-0.25, -0.2) is 0 Å². The van der Waals surface area contributed by atoms with E-state index in [-0.39, 0.29) is 11.8 Å². The summed E-state index contributed by atoms with van der Waals surface area (Å²) in [5, 5.41) is 6.75. The van der Waals surface area contributed by atoms with E-state index >= 15 is 0 Å². The number of nitrogens with zero attached hydrogens (tertiary/aromatic N) is 3. The third-order valence-corrected chi connectivity index (χ3v) is 4.27. The Morgan fingerprint density at radius 1 is 1.33 bits per heavy atom. The minimum absolute atomic E-state index is 0.0106. The summed E-state index contributed by atoms with van der Waals surface area (Å²) in [6.45, 7) is 5.95. The lowest BCUT2D eigenvalue weighted by Crippen LogP contribution is -2.48. The molecule has 1 aromatic carbocycles. The number of nitrogens with one attached hydrogen (secondary N) is 1. The predicted octanol–water partition coefficient (Wildman–Crippen LogP) is 2.76. The molecule has 24 heavy (non-hydrogen) atoms. The Hall–Kier alpha value is -2.21. The molecular formula is C18H24N4O2.